The zero-order valence-electron chi connectivity index (χ0n) is 9.99. The molecular weight excluding hydrogens is 208 g/mol. The normalized spacial score (nSPS) is 11.7. The first-order chi connectivity index (χ1) is 7.03. The van der Waals surface area contributed by atoms with Crippen LogP contribution in [0.3, 0.4) is 0 Å². The highest BCUT2D eigenvalue weighted by Gasteiger charge is 2.12. The summed E-state index contributed by atoms with van der Waals surface area (Å²) in [6.07, 6.45) is 3.40. The third-order valence-electron chi connectivity index (χ3n) is 2.11. The van der Waals surface area contributed by atoms with E-state index in [2.05, 4.69) is 24.6 Å². The fourth-order valence-corrected chi connectivity index (χ4v) is 1.87. The molecule has 1 heterocycles. The zero-order chi connectivity index (χ0) is 11.3. The molecule has 0 aliphatic carbocycles. The Morgan fingerprint density at radius 3 is 2.73 bits per heavy atom. The van der Waals surface area contributed by atoms with Crippen molar-refractivity contribution in [2.75, 3.05) is 13.7 Å². The molecule has 1 aromatic heterocycles. The molecule has 0 aromatic carbocycles. The van der Waals surface area contributed by atoms with Crippen molar-refractivity contribution in [1.29, 1.82) is 0 Å². The lowest BCUT2D eigenvalue weighted by molar-refractivity contribution is 0.0815. The fourth-order valence-electron chi connectivity index (χ4n) is 1.12. The van der Waals surface area contributed by atoms with Crippen molar-refractivity contribution in [3.8, 4) is 5.88 Å². The van der Waals surface area contributed by atoms with E-state index in [-0.39, 0.29) is 0 Å². The minimum absolute atomic E-state index is 0.521. The summed E-state index contributed by atoms with van der Waals surface area (Å²) >= 11 is 0. The van der Waals surface area contributed by atoms with E-state index >= 15 is 0 Å². The lowest BCUT2D eigenvalue weighted by Gasteiger charge is -2.15. The largest absolute Gasteiger partial charge is 0.481 e. The number of imidazole rings is 1. The fraction of sp³-hybridized carbons (Fsp3) is 0.700. The Morgan fingerprint density at radius 1 is 1.40 bits per heavy atom. The summed E-state index contributed by atoms with van der Waals surface area (Å²) in [5, 5.41) is 0. The molecule has 0 fully saturated rings. The minimum Gasteiger partial charge on any atom is -0.481 e. The maximum atomic E-state index is 5.57. The summed E-state index contributed by atoms with van der Waals surface area (Å²) in [5.41, 5.74) is 0. The molecule has 0 radical (unpaired) electrons. The lowest BCUT2D eigenvalue weighted by atomic mass is 10.8. The predicted octanol–water partition coefficient (Wildman–Crippen LogP) is 2.20. The van der Waals surface area contributed by atoms with Crippen LogP contribution in [0.25, 0.3) is 0 Å². The number of methoxy groups -OCH3 is 1. The Hall–Kier alpha value is -0.813. The van der Waals surface area contributed by atoms with Crippen molar-refractivity contribution in [1.82, 2.24) is 9.55 Å². The number of ether oxygens (including phenoxy) is 2. The SMILES string of the molecule is COc1cncn1COCC[Si](C)(C)C. The van der Waals surface area contributed by atoms with Gasteiger partial charge in [0.1, 0.15) is 6.73 Å². The van der Waals surface area contributed by atoms with Gasteiger partial charge in [0.05, 0.1) is 19.6 Å². The van der Waals surface area contributed by atoms with Gasteiger partial charge < -0.3 is 9.47 Å². The van der Waals surface area contributed by atoms with E-state index in [4.69, 9.17) is 9.47 Å². The molecule has 0 bridgehead atoms. The molecule has 0 N–H and O–H groups in total. The van der Waals surface area contributed by atoms with Gasteiger partial charge in [-0.3, -0.25) is 4.57 Å². The topological polar surface area (TPSA) is 36.3 Å². The number of hydrogen-bond donors (Lipinski definition) is 0. The van der Waals surface area contributed by atoms with Crippen molar-refractivity contribution in [3.05, 3.63) is 12.5 Å². The van der Waals surface area contributed by atoms with Crippen molar-refractivity contribution >= 4 is 8.07 Å². The molecule has 86 valence electrons. The van der Waals surface area contributed by atoms with Gasteiger partial charge in [-0.15, -0.1) is 0 Å². The average molecular weight is 228 g/mol. The second-order valence-electron chi connectivity index (χ2n) is 4.75. The van der Waals surface area contributed by atoms with Crippen LogP contribution in [0.2, 0.25) is 25.7 Å². The van der Waals surface area contributed by atoms with Crippen LogP contribution >= 0.6 is 0 Å². The van der Waals surface area contributed by atoms with E-state index in [1.165, 1.54) is 6.04 Å². The molecule has 1 rings (SSSR count). The molecule has 0 aliphatic rings. The molecule has 0 saturated carbocycles. The molecular formula is C10H20N2O2Si. The summed E-state index contributed by atoms with van der Waals surface area (Å²) < 4.78 is 12.5. The highest BCUT2D eigenvalue weighted by atomic mass is 28.3. The number of nitrogens with zero attached hydrogens (tertiary/aromatic N) is 2. The van der Waals surface area contributed by atoms with Crippen LogP contribution in [0.1, 0.15) is 0 Å². The smallest absolute Gasteiger partial charge is 0.215 e. The van der Waals surface area contributed by atoms with Gasteiger partial charge in [0.15, 0.2) is 0 Å². The van der Waals surface area contributed by atoms with Crippen molar-refractivity contribution in [2.45, 2.75) is 32.4 Å². The first-order valence-corrected chi connectivity index (χ1v) is 8.85. The molecule has 4 nitrogen and oxygen atoms in total. The second-order valence-corrected chi connectivity index (χ2v) is 10.4. The summed E-state index contributed by atoms with van der Waals surface area (Å²) in [7, 11) is 0.652. The number of rotatable bonds is 6. The Morgan fingerprint density at radius 2 is 2.13 bits per heavy atom. The van der Waals surface area contributed by atoms with Crippen LogP contribution in [0.5, 0.6) is 5.88 Å². The second kappa shape index (κ2) is 5.32. The van der Waals surface area contributed by atoms with Gasteiger partial charge in [-0.25, -0.2) is 4.98 Å². The van der Waals surface area contributed by atoms with Gasteiger partial charge in [0, 0.05) is 14.7 Å². The predicted molar refractivity (Wildman–Crippen MR) is 62.9 cm³/mol. The van der Waals surface area contributed by atoms with E-state index in [9.17, 15) is 0 Å². The summed E-state index contributed by atoms with van der Waals surface area (Å²) in [6, 6.07) is 1.18. The monoisotopic (exact) mass is 228 g/mol. The molecule has 0 saturated heterocycles. The van der Waals surface area contributed by atoms with Gasteiger partial charge >= 0.3 is 0 Å². The van der Waals surface area contributed by atoms with Crippen LogP contribution in [0.4, 0.5) is 0 Å². The molecule has 0 aliphatic heterocycles. The molecule has 5 heteroatoms. The van der Waals surface area contributed by atoms with Gasteiger partial charge in [0.2, 0.25) is 5.88 Å². The number of hydrogen-bond acceptors (Lipinski definition) is 3. The standard InChI is InChI=1S/C10H20N2O2Si/c1-13-10-7-11-8-12(10)9-14-5-6-15(2,3)4/h7-8H,5-6,9H2,1-4H3. The highest BCUT2D eigenvalue weighted by molar-refractivity contribution is 6.76. The quantitative estimate of drug-likeness (QED) is 0.553. The third-order valence-corrected chi connectivity index (χ3v) is 3.81. The van der Waals surface area contributed by atoms with Crippen LogP contribution in [0, 0.1) is 0 Å². The average Bonchev–Trinajstić information content (AvgIpc) is 2.58. The van der Waals surface area contributed by atoms with Gasteiger partial charge in [-0.05, 0) is 6.04 Å². The highest BCUT2D eigenvalue weighted by Crippen LogP contribution is 2.10. The maximum Gasteiger partial charge on any atom is 0.215 e. The summed E-state index contributed by atoms with van der Waals surface area (Å²) in [6.45, 7) is 8.36. The maximum absolute atomic E-state index is 5.57. The van der Waals surface area contributed by atoms with Gasteiger partial charge in [-0.2, -0.15) is 0 Å². The molecule has 0 unspecified atom stereocenters. The molecule has 0 amide bonds. The van der Waals surface area contributed by atoms with Crippen LogP contribution in [-0.4, -0.2) is 31.3 Å². The van der Waals surface area contributed by atoms with Crippen LogP contribution in [0.15, 0.2) is 12.5 Å². The van der Waals surface area contributed by atoms with E-state index in [0.29, 0.717) is 6.73 Å². The Bertz CT molecular complexity index is 294. The zero-order valence-corrected chi connectivity index (χ0v) is 11.0. The van der Waals surface area contributed by atoms with Gasteiger partial charge in [0.25, 0.3) is 0 Å². The Kier molecular flexibility index (Phi) is 4.35. The van der Waals surface area contributed by atoms with Crippen LogP contribution < -0.4 is 4.74 Å². The van der Waals surface area contributed by atoms with Crippen molar-refractivity contribution in [2.24, 2.45) is 0 Å². The minimum atomic E-state index is -0.982. The van der Waals surface area contributed by atoms with Crippen molar-refractivity contribution in [3.63, 3.8) is 0 Å². The first-order valence-electron chi connectivity index (χ1n) is 5.15. The van der Waals surface area contributed by atoms with E-state index in [1.54, 1.807) is 19.6 Å². The van der Waals surface area contributed by atoms with E-state index in [0.717, 1.165) is 12.5 Å². The molecule has 1 aromatic rings. The van der Waals surface area contributed by atoms with Crippen molar-refractivity contribution < 1.29 is 9.47 Å². The summed E-state index contributed by atoms with van der Waals surface area (Å²) in [5.74, 6) is 0.739. The Labute approximate surface area is 92.2 Å². The van der Waals surface area contributed by atoms with Gasteiger partial charge in [-0.1, -0.05) is 19.6 Å². The van der Waals surface area contributed by atoms with E-state index < -0.39 is 8.07 Å². The van der Waals surface area contributed by atoms with E-state index in [1.807, 2.05) is 4.57 Å². The first kappa shape index (κ1) is 12.3. The molecule has 0 spiro atoms. The Balaban J connectivity index is 2.26. The molecule has 15 heavy (non-hydrogen) atoms. The number of aromatic nitrogens is 2. The summed E-state index contributed by atoms with van der Waals surface area (Å²) in [4.78, 5) is 3.99. The lowest BCUT2D eigenvalue weighted by Crippen LogP contribution is -2.22. The van der Waals surface area contributed by atoms with Crippen LogP contribution in [-0.2, 0) is 11.5 Å². The third kappa shape index (κ3) is 4.48. The molecule has 0 atom stereocenters.